The fourth-order valence-corrected chi connectivity index (χ4v) is 1.92. The van der Waals surface area contributed by atoms with Gasteiger partial charge in [-0.3, -0.25) is 4.79 Å². The monoisotopic (exact) mass is 189 g/mol. The van der Waals surface area contributed by atoms with Gasteiger partial charge in [0.25, 0.3) is 0 Å². The van der Waals surface area contributed by atoms with Crippen LogP contribution in [0.2, 0.25) is 0 Å². The highest BCUT2D eigenvalue weighted by atomic mass is 32.2. The summed E-state index contributed by atoms with van der Waals surface area (Å²) in [6.45, 7) is 9.94. The number of nitrogens with two attached hydrogens (primary N) is 1. The molecule has 12 heavy (non-hydrogen) atoms. The van der Waals surface area contributed by atoms with Crippen LogP contribution in [0.5, 0.6) is 0 Å². The second kappa shape index (κ2) is 4.28. The number of hydrogen-bond acceptors (Lipinski definition) is 3. The van der Waals surface area contributed by atoms with E-state index in [4.69, 9.17) is 5.73 Å². The molecule has 0 aromatic carbocycles. The van der Waals surface area contributed by atoms with Crippen molar-refractivity contribution < 1.29 is 4.79 Å². The summed E-state index contributed by atoms with van der Waals surface area (Å²) in [6, 6.07) is 0. The number of rotatable bonds is 3. The van der Waals surface area contributed by atoms with Gasteiger partial charge in [-0.2, -0.15) is 0 Å². The zero-order valence-electron chi connectivity index (χ0n) is 8.55. The molecule has 0 unspecified atom stereocenters. The van der Waals surface area contributed by atoms with Gasteiger partial charge < -0.3 is 5.73 Å². The summed E-state index contributed by atoms with van der Waals surface area (Å²) < 4.78 is 0.0595. The van der Waals surface area contributed by atoms with Crippen LogP contribution in [-0.2, 0) is 4.79 Å². The molecule has 1 atom stereocenters. The van der Waals surface area contributed by atoms with E-state index in [1.807, 2.05) is 13.8 Å². The Hall–Kier alpha value is -0.0200. The van der Waals surface area contributed by atoms with Gasteiger partial charge in [0.05, 0.1) is 0 Å². The second-order valence-corrected chi connectivity index (χ2v) is 6.18. The predicted octanol–water partition coefficient (Wildman–Crippen LogP) is 2.03. The molecule has 0 aliphatic rings. The van der Waals surface area contributed by atoms with Crippen molar-refractivity contribution in [1.29, 1.82) is 0 Å². The van der Waals surface area contributed by atoms with E-state index >= 15 is 0 Å². The molecule has 0 aliphatic heterocycles. The molecule has 0 radical (unpaired) electrons. The van der Waals surface area contributed by atoms with Gasteiger partial charge in [-0.25, -0.2) is 0 Å². The maximum Gasteiger partial charge on any atom is 0.162 e. The van der Waals surface area contributed by atoms with Crippen molar-refractivity contribution in [2.75, 3.05) is 0 Å². The largest absolute Gasteiger partial charge is 0.313 e. The zero-order chi connectivity index (χ0) is 9.94. The van der Waals surface area contributed by atoms with Gasteiger partial charge >= 0.3 is 0 Å². The predicted molar refractivity (Wildman–Crippen MR) is 55.2 cm³/mol. The Labute approximate surface area is 79.3 Å². The van der Waals surface area contributed by atoms with Gasteiger partial charge in [0, 0.05) is 10.7 Å². The lowest BCUT2D eigenvalue weighted by atomic mass is 10.1. The molecule has 72 valence electrons. The van der Waals surface area contributed by atoms with Gasteiger partial charge in [-0.1, -0.05) is 34.6 Å². The lowest BCUT2D eigenvalue weighted by Gasteiger charge is -2.22. The number of hydrogen-bond donors (Lipinski definition) is 1. The Morgan fingerprint density at radius 3 is 2.00 bits per heavy atom. The highest BCUT2D eigenvalue weighted by Gasteiger charge is 2.23. The molecule has 0 aromatic rings. The standard InChI is InChI=1S/C9H19NOS/c1-6(2)7(11)8(10)12-9(3,4)5/h6,8H,10H2,1-5H3/t8-/m0/s1. The van der Waals surface area contributed by atoms with Crippen molar-refractivity contribution in [3.8, 4) is 0 Å². The van der Waals surface area contributed by atoms with Gasteiger partial charge in [0.2, 0.25) is 0 Å². The molecule has 2 N–H and O–H groups in total. The minimum atomic E-state index is -0.370. The molecule has 0 bridgehead atoms. The number of carbonyl (C=O) groups is 1. The van der Waals surface area contributed by atoms with E-state index in [0.29, 0.717) is 0 Å². The highest BCUT2D eigenvalue weighted by molar-refractivity contribution is 8.01. The molecule has 0 fully saturated rings. The Morgan fingerprint density at radius 2 is 1.75 bits per heavy atom. The first kappa shape index (κ1) is 12.0. The van der Waals surface area contributed by atoms with E-state index in [0.717, 1.165) is 0 Å². The molecule has 0 spiro atoms. The first-order chi connectivity index (χ1) is 5.24. The molecule has 2 nitrogen and oxygen atoms in total. The number of Topliss-reactive ketones (excluding diaryl/α,β-unsaturated/α-hetero) is 1. The van der Waals surface area contributed by atoms with Crippen LogP contribution in [0.25, 0.3) is 0 Å². The molecule has 3 heteroatoms. The van der Waals surface area contributed by atoms with Crippen LogP contribution in [0, 0.1) is 5.92 Å². The average molecular weight is 189 g/mol. The van der Waals surface area contributed by atoms with Crippen LogP contribution < -0.4 is 5.73 Å². The fraction of sp³-hybridized carbons (Fsp3) is 0.889. The summed E-state index contributed by atoms with van der Waals surface area (Å²) in [4.78, 5) is 11.4. The quantitative estimate of drug-likeness (QED) is 0.691. The van der Waals surface area contributed by atoms with Crippen LogP contribution >= 0.6 is 11.8 Å². The third-order valence-electron chi connectivity index (χ3n) is 1.33. The minimum Gasteiger partial charge on any atom is -0.313 e. The zero-order valence-corrected chi connectivity index (χ0v) is 9.37. The van der Waals surface area contributed by atoms with Crippen LogP contribution in [0.3, 0.4) is 0 Å². The maximum atomic E-state index is 11.4. The topological polar surface area (TPSA) is 43.1 Å². The first-order valence-electron chi connectivity index (χ1n) is 4.21. The van der Waals surface area contributed by atoms with Crippen LogP contribution in [0.1, 0.15) is 34.6 Å². The van der Waals surface area contributed by atoms with Crippen molar-refractivity contribution in [2.24, 2.45) is 11.7 Å². The summed E-state index contributed by atoms with van der Waals surface area (Å²) in [5, 5.41) is -0.370. The summed E-state index contributed by atoms with van der Waals surface area (Å²) in [6.07, 6.45) is 0. The Bertz CT molecular complexity index is 160. The molecule has 0 saturated carbocycles. The number of thioether (sulfide) groups is 1. The Balaban J connectivity index is 4.05. The van der Waals surface area contributed by atoms with Crippen molar-refractivity contribution >= 4 is 17.5 Å². The average Bonchev–Trinajstić information content (AvgIpc) is 1.82. The van der Waals surface area contributed by atoms with E-state index in [-0.39, 0.29) is 21.8 Å². The third kappa shape index (κ3) is 4.78. The van der Waals surface area contributed by atoms with Crippen molar-refractivity contribution in [3.05, 3.63) is 0 Å². The molecule has 0 saturated heterocycles. The van der Waals surface area contributed by atoms with E-state index in [9.17, 15) is 4.79 Å². The van der Waals surface area contributed by atoms with E-state index in [1.54, 1.807) is 0 Å². The van der Waals surface area contributed by atoms with Gasteiger partial charge in [-0.05, 0) is 0 Å². The van der Waals surface area contributed by atoms with Crippen LogP contribution in [0.15, 0.2) is 0 Å². The Kier molecular flexibility index (Phi) is 4.28. The van der Waals surface area contributed by atoms with Gasteiger partial charge in [0.15, 0.2) is 5.78 Å². The fourth-order valence-electron chi connectivity index (χ4n) is 0.768. The van der Waals surface area contributed by atoms with Crippen molar-refractivity contribution in [2.45, 2.75) is 44.7 Å². The molecular weight excluding hydrogens is 170 g/mol. The molecule has 0 aromatic heterocycles. The van der Waals surface area contributed by atoms with Crippen molar-refractivity contribution in [1.82, 2.24) is 0 Å². The van der Waals surface area contributed by atoms with Crippen LogP contribution in [0.4, 0.5) is 0 Å². The smallest absolute Gasteiger partial charge is 0.162 e. The van der Waals surface area contributed by atoms with E-state index in [1.165, 1.54) is 11.8 Å². The summed E-state index contributed by atoms with van der Waals surface area (Å²) in [7, 11) is 0. The minimum absolute atomic E-state index is 0.0369. The van der Waals surface area contributed by atoms with Crippen molar-refractivity contribution in [3.63, 3.8) is 0 Å². The second-order valence-electron chi connectivity index (χ2n) is 4.21. The summed E-state index contributed by atoms with van der Waals surface area (Å²) >= 11 is 1.52. The maximum absolute atomic E-state index is 11.4. The normalized spacial score (nSPS) is 14.9. The molecule has 0 heterocycles. The summed E-state index contributed by atoms with van der Waals surface area (Å²) in [5.74, 6) is 0.171. The third-order valence-corrected chi connectivity index (χ3v) is 2.52. The van der Waals surface area contributed by atoms with Crippen LogP contribution in [-0.4, -0.2) is 15.9 Å². The lowest BCUT2D eigenvalue weighted by Crippen LogP contribution is -2.34. The number of ketones is 1. The Morgan fingerprint density at radius 1 is 1.33 bits per heavy atom. The molecule has 0 aliphatic carbocycles. The van der Waals surface area contributed by atoms with Gasteiger partial charge in [-0.15, -0.1) is 11.8 Å². The van der Waals surface area contributed by atoms with E-state index < -0.39 is 0 Å². The lowest BCUT2D eigenvalue weighted by molar-refractivity contribution is -0.121. The SMILES string of the molecule is CC(C)C(=O)[C@@H](N)SC(C)(C)C. The molecule has 0 rings (SSSR count). The summed E-state index contributed by atoms with van der Waals surface area (Å²) in [5.41, 5.74) is 5.72. The highest BCUT2D eigenvalue weighted by Crippen LogP contribution is 2.27. The molecular formula is C9H19NOS. The molecule has 0 amide bonds. The van der Waals surface area contributed by atoms with E-state index in [2.05, 4.69) is 20.8 Å². The van der Waals surface area contributed by atoms with Gasteiger partial charge in [0.1, 0.15) is 5.37 Å². The number of carbonyl (C=O) groups excluding carboxylic acids is 1. The first-order valence-corrected chi connectivity index (χ1v) is 5.09.